The number of aliphatic hydroxyl groups is 1. The van der Waals surface area contributed by atoms with Crippen molar-refractivity contribution in [2.45, 2.75) is 25.6 Å². The Kier molecular flexibility index (Phi) is 3.65. The maximum atomic E-state index is 9.31. The molecular weight excluding hydrogens is 242 g/mol. The first-order chi connectivity index (χ1) is 8.95. The highest BCUT2D eigenvalue weighted by Gasteiger charge is 2.33. The summed E-state index contributed by atoms with van der Waals surface area (Å²) in [5.41, 5.74) is 7.43. The van der Waals surface area contributed by atoms with Gasteiger partial charge in [0.05, 0.1) is 29.6 Å². The highest BCUT2D eigenvalue weighted by atomic mass is 16.5. The SMILES string of the molecule is CC1(C)CN(c2ccc(C#N)c(N)c2)CC(CO)O1. The normalized spacial score (nSPS) is 22.0. The van der Waals surface area contributed by atoms with Gasteiger partial charge in [0, 0.05) is 18.8 Å². The molecular formula is C14H19N3O2. The quantitative estimate of drug-likeness (QED) is 0.779. The summed E-state index contributed by atoms with van der Waals surface area (Å²) in [7, 11) is 0. The van der Waals surface area contributed by atoms with Crippen molar-refractivity contribution >= 4 is 11.4 Å². The summed E-state index contributed by atoms with van der Waals surface area (Å²) in [6, 6.07) is 7.46. The van der Waals surface area contributed by atoms with Gasteiger partial charge in [-0.3, -0.25) is 0 Å². The molecule has 1 saturated heterocycles. The van der Waals surface area contributed by atoms with Crippen LogP contribution < -0.4 is 10.6 Å². The van der Waals surface area contributed by atoms with Crippen LogP contribution in [0.25, 0.3) is 0 Å². The lowest BCUT2D eigenvalue weighted by atomic mass is 10.0. The Hall–Kier alpha value is -1.77. The van der Waals surface area contributed by atoms with Crippen molar-refractivity contribution in [2.75, 3.05) is 30.3 Å². The first-order valence-electron chi connectivity index (χ1n) is 6.28. The molecule has 0 aromatic heterocycles. The number of ether oxygens (including phenoxy) is 1. The number of anilines is 2. The molecule has 1 aromatic rings. The van der Waals surface area contributed by atoms with Crippen LogP contribution in [0.4, 0.5) is 11.4 Å². The van der Waals surface area contributed by atoms with Gasteiger partial charge in [0.1, 0.15) is 6.07 Å². The predicted octanol–water partition coefficient (Wildman–Crippen LogP) is 1.12. The Bertz CT molecular complexity index is 508. The second-order valence-corrected chi connectivity index (χ2v) is 5.45. The number of hydrogen-bond donors (Lipinski definition) is 2. The highest BCUT2D eigenvalue weighted by molar-refractivity contribution is 5.63. The first-order valence-corrected chi connectivity index (χ1v) is 6.28. The molecule has 1 heterocycles. The van der Waals surface area contributed by atoms with Crippen LogP contribution in [0.1, 0.15) is 19.4 Å². The van der Waals surface area contributed by atoms with Gasteiger partial charge in [-0.1, -0.05) is 0 Å². The lowest BCUT2D eigenvalue weighted by Crippen LogP contribution is -2.54. The number of rotatable bonds is 2. The monoisotopic (exact) mass is 261 g/mol. The van der Waals surface area contributed by atoms with E-state index in [2.05, 4.69) is 11.0 Å². The molecule has 0 spiro atoms. The molecule has 102 valence electrons. The van der Waals surface area contributed by atoms with E-state index in [0.29, 0.717) is 17.8 Å². The second kappa shape index (κ2) is 5.08. The van der Waals surface area contributed by atoms with Crippen molar-refractivity contribution in [2.24, 2.45) is 0 Å². The minimum Gasteiger partial charge on any atom is -0.398 e. The third kappa shape index (κ3) is 2.98. The van der Waals surface area contributed by atoms with Gasteiger partial charge in [-0.05, 0) is 32.0 Å². The molecule has 0 saturated carbocycles. The third-order valence-corrected chi connectivity index (χ3v) is 3.21. The number of morpholine rings is 1. The predicted molar refractivity (Wildman–Crippen MR) is 73.8 cm³/mol. The second-order valence-electron chi connectivity index (χ2n) is 5.45. The van der Waals surface area contributed by atoms with Gasteiger partial charge in [0.15, 0.2) is 0 Å². The van der Waals surface area contributed by atoms with E-state index < -0.39 is 0 Å². The molecule has 0 bridgehead atoms. The summed E-state index contributed by atoms with van der Waals surface area (Å²) in [6.45, 7) is 5.31. The average Bonchev–Trinajstić information content (AvgIpc) is 2.36. The fraction of sp³-hybridized carbons (Fsp3) is 0.500. The van der Waals surface area contributed by atoms with Crippen LogP contribution in [0, 0.1) is 11.3 Å². The summed E-state index contributed by atoms with van der Waals surface area (Å²) >= 11 is 0. The Labute approximate surface area is 113 Å². The molecule has 1 unspecified atom stereocenters. The molecule has 1 aromatic carbocycles. The van der Waals surface area contributed by atoms with Crippen molar-refractivity contribution in [1.82, 2.24) is 0 Å². The van der Waals surface area contributed by atoms with Crippen LogP contribution in [0.2, 0.25) is 0 Å². The van der Waals surface area contributed by atoms with Gasteiger partial charge in [0.2, 0.25) is 0 Å². The molecule has 1 aliphatic heterocycles. The number of benzene rings is 1. The van der Waals surface area contributed by atoms with E-state index in [4.69, 9.17) is 15.7 Å². The van der Waals surface area contributed by atoms with E-state index in [1.165, 1.54) is 0 Å². The fourth-order valence-corrected chi connectivity index (χ4v) is 2.44. The van der Waals surface area contributed by atoms with Crippen molar-refractivity contribution in [1.29, 1.82) is 5.26 Å². The van der Waals surface area contributed by atoms with E-state index in [9.17, 15) is 5.11 Å². The number of nitrogens with two attached hydrogens (primary N) is 1. The maximum Gasteiger partial charge on any atom is 0.101 e. The van der Waals surface area contributed by atoms with Crippen LogP contribution in [0.5, 0.6) is 0 Å². The zero-order valence-corrected chi connectivity index (χ0v) is 11.3. The summed E-state index contributed by atoms with van der Waals surface area (Å²) in [5.74, 6) is 0. The zero-order chi connectivity index (χ0) is 14.0. The molecule has 0 radical (unpaired) electrons. The molecule has 0 aliphatic carbocycles. The molecule has 3 N–H and O–H groups in total. The molecule has 19 heavy (non-hydrogen) atoms. The lowest BCUT2D eigenvalue weighted by Gasteiger charge is -2.43. The molecule has 5 nitrogen and oxygen atoms in total. The number of nitriles is 1. The molecule has 0 amide bonds. The average molecular weight is 261 g/mol. The molecule has 1 fully saturated rings. The molecule has 1 aliphatic rings. The van der Waals surface area contributed by atoms with Gasteiger partial charge in [-0.2, -0.15) is 5.26 Å². The van der Waals surface area contributed by atoms with E-state index in [1.807, 2.05) is 19.9 Å². The van der Waals surface area contributed by atoms with Crippen molar-refractivity contribution in [3.8, 4) is 6.07 Å². The number of hydrogen-bond acceptors (Lipinski definition) is 5. The number of aliphatic hydroxyl groups excluding tert-OH is 1. The Balaban J connectivity index is 2.26. The largest absolute Gasteiger partial charge is 0.398 e. The summed E-state index contributed by atoms with van der Waals surface area (Å²) in [6.07, 6.45) is -0.208. The van der Waals surface area contributed by atoms with Crippen molar-refractivity contribution in [3.63, 3.8) is 0 Å². The minimum atomic E-state index is -0.325. The van der Waals surface area contributed by atoms with E-state index in [1.54, 1.807) is 12.1 Å². The molecule has 1 atom stereocenters. The summed E-state index contributed by atoms with van der Waals surface area (Å²) in [5, 5.41) is 18.2. The van der Waals surface area contributed by atoms with Crippen molar-refractivity contribution < 1.29 is 9.84 Å². The van der Waals surface area contributed by atoms with Gasteiger partial charge in [0.25, 0.3) is 0 Å². The van der Waals surface area contributed by atoms with Gasteiger partial charge < -0.3 is 20.5 Å². The molecule has 5 heteroatoms. The van der Waals surface area contributed by atoms with E-state index in [-0.39, 0.29) is 18.3 Å². The number of nitrogen functional groups attached to an aromatic ring is 1. The van der Waals surface area contributed by atoms with Gasteiger partial charge in [-0.15, -0.1) is 0 Å². The Morgan fingerprint density at radius 3 is 2.89 bits per heavy atom. The summed E-state index contributed by atoms with van der Waals surface area (Å²) in [4.78, 5) is 2.13. The van der Waals surface area contributed by atoms with Crippen LogP contribution in [0.3, 0.4) is 0 Å². The zero-order valence-electron chi connectivity index (χ0n) is 11.3. The van der Waals surface area contributed by atoms with Crippen molar-refractivity contribution in [3.05, 3.63) is 23.8 Å². The lowest BCUT2D eigenvalue weighted by molar-refractivity contribution is -0.101. The smallest absolute Gasteiger partial charge is 0.101 e. The third-order valence-electron chi connectivity index (χ3n) is 3.21. The van der Waals surface area contributed by atoms with Gasteiger partial charge >= 0.3 is 0 Å². The van der Waals surface area contributed by atoms with Crippen LogP contribution in [0.15, 0.2) is 18.2 Å². The highest BCUT2D eigenvalue weighted by Crippen LogP contribution is 2.28. The topological polar surface area (TPSA) is 82.5 Å². The van der Waals surface area contributed by atoms with E-state index >= 15 is 0 Å². The Morgan fingerprint density at radius 2 is 2.32 bits per heavy atom. The number of nitrogens with zero attached hydrogens (tertiary/aromatic N) is 2. The van der Waals surface area contributed by atoms with Crippen LogP contribution in [-0.2, 0) is 4.74 Å². The Morgan fingerprint density at radius 1 is 1.58 bits per heavy atom. The molecule has 2 rings (SSSR count). The first kappa shape index (κ1) is 13.7. The van der Waals surface area contributed by atoms with E-state index in [0.717, 1.165) is 12.2 Å². The minimum absolute atomic E-state index is 0.00824. The van der Waals surface area contributed by atoms with Gasteiger partial charge in [-0.25, -0.2) is 0 Å². The fourth-order valence-electron chi connectivity index (χ4n) is 2.44. The van der Waals surface area contributed by atoms with Crippen LogP contribution >= 0.6 is 0 Å². The maximum absolute atomic E-state index is 9.31. The van der Waals surface area contributed by atoms with Crippen LogP contribution in [-0.4, -0.2) is 36.5 Å². The standard InChI is InChI=1S/C14H19N3O2/c1-14(2)9-17(7-12(8-18)19-14)11-4-3-10(6-15)13(16)5-11/h3-5,12,18H,7-9,16H2,1-2H3. The summed E-state index contributed by atoms with van der Waals surface area (Å²) < 4.78 is 5.77.